The molecule has 0 radical (unpaired) electrons. The summed E-state index contributed by atoms with van der Waals surface area (Å²) in [7, 11) is 0. The molecule has 1 aliphatic carbocycles. The summed E-state index contributed by atoms with van der Waals surface area (Å²) in [5.74, 6) is -1.91. The highest BCUT2D eigenvalue weighted by atomic mass is 19.1. The van der Waals surface area contributed by atoms with E-state index >= 15 is 0 Å². The Kier molecular flexibility index (Phi) is 2.61. The van der Waals surface area contributed by atoms with Crippen LogP contribution in [0.3, 0.4) is 0 Å². The average molecular weight is 243 g/mol. The second-order valence-electron chi connectivity index (χ2n) is 4.37. The van der Waals surface area contributed by atoms with Crippen LogP contribution in [0.1, 0.15) is 25.3 Å². The van der Waals surface area contributed by atoms with Gasteiger partial charge in [0.15, 0.2) is 0 Å². The third-order valence-electron chi connectivity index (χ3n) is 3.36. The summed E-state index contributed by atoms with van der Waals surface area (Å²) in [6, 6.07) is 1.40. The first-order valence-corrected chi connectivity index (χ1v) is 5.20. The Hall–Kier alpha value is -1.56. The molecule has 1 aliphatic rings. The van der Waals surface area contributed by atoms with Gasteiger partial charge in [-0.1, -0.05) is 0 Å². The third-order valence-corrected chi connectivity index (χ3v) is 3.36. The first-order chi connectivity index (χ1) is 7.88. The van der Waals surface area contributed by atoms with Crippen molar-refractivity contribution in [2.24, 2.45) is 0 Å². The fourth-order valence-electron chi connectivity index (χ4n) is 2.10. The number of nitro groups is 1. The van der Waals surface area contributed by atoms with Gasteiger partial charge in [0.2, 0.25) is 5.82 Å². The lowest BCUT2D eigenvalue weighted by molar-refractivity contribution is -0.387. The molecule has 92 valence electrons. The van der Waals surface area contributed by atoms with Crippen molar-refractivity contribution in [2.45, 2.75) is 31.3 Å². The van der Waals surface area contributed by atoms with Crippen LogP contribution in [0.15, 0.2) is 12.1 Å². The maximum Gasteiger partial charge on any atom is 0.307 e. The number of nitrogens with zero attached hydrogens (tertiary/aromatic N) is 1. The molecule has 1 aromatic rings. The number of nitro benzene ring substituents is 1. The maximum atomic E-state index is 13.7. The molecule has 2 rings (SSSR count). The minimum atomic E-state index is -1.07. The second kappa shape index (κ2) is 3.73. The highest BCUT2D eigenvalue weighted by Gasteiger charge is 2.50. The van der Waals surface area contributed by atoms with E-state index in [1.54, 1.807) is 0 Å². The zero-order chi connectivity index (χ0) is 12.8. The highest BCUT2D eigenvalue weighted by Crippen LogP contribution is 2.52. The largest absolute Gasteiger partial charge is 0.392 e. The number of hydrogen-bond donors (Lipinski definition) is 1. The molecule has 0 aromatic heterocycles. The van der Waals surface area contributed by atoms with Crippen LogP contribution in [0.25, 0.3) is 0 Å². The molecule has 0 saturated heterocycles. The van der Waals surface area contributed by atoms with Crippen molar-refractivity contribution in [1.29, 1.82) is 0 Å². The van der Waals surface area contributed by atoms with Crippen LogP contribution in [0.5, 0.6) is 0 Å². The normalized spacial score (nSPS) is 18.8. The van der Waals surface area contributed by atoms with Gasteiger partial charge in [-0.3, -0.25) is 10.1 Å². The van der Waals surface area contributed by atoms with E-state index in [1.807, 2.05) is 0 Å². The average Bonchev–Trinajstić information content (AvgIpc) is 3.01. The topological polar surface area (TPSA) is 63.4 Å². The number of halogens is 2. The number of benzene rings is 1. The Morgan fingerprint density at radius 1 is 1.41 bits per heavy atom. The summed E-state index contributed by atoms with van der Waals surface area (Å²) in [6.07, 6.45) is 0.301. The van der Waals surface area contributed by atoms with Gasteiger partial charge >= 0.3 is 5.69 Å². The van der Waals surface area contributed by atoms with E-state index in [0.29, 0.717) is 18.9 Å². The van der Waals surface area contributed by atoms with Crippen molar-refractivity contribution < 1.29 is 18.8 Å². The first kappa shape index (κ1) is 11.9. The smallest absolute Gasteiger partial charge is 0.307 e. The Morgan fingerprint density at radius 2 is 2.00 bits per heavy atom. The number of aliphatic hydroxyl groups excluding tert-OH is 1. The van der Waals surface area contributed by atoms with Gasteiger partial charge in [-0.25, -0.2) is 4.39 Å². The van der Waals surface area contributed by atoms with E-state index in [9.17, 15) is 24.0 Å². The molecule has 0 aliphatic heterocycles. The molecule has 1 fully saturated rings. The summed E-state index contributed by atoms with van der Waals surface area (Å²) in [6.45, 7) is 1.51. The van der Waals surface area contributed by atoms with Crippen LogP contribution in [-0.4, -0.2) is 16.1 Å². The predicted octanol–water partition coefficient (Wildman–Crippen LogP) is 2.29. The SMILES string of the molecule is CC(O)C1(c2cc(F)c([N+](=O)[O-])cc2F)CC1. The predicted molar refractivity (Wildman–Crippen MR) is 55.6 cm³/mol. The van der Waals surface area contributed by atoms with Crippen LogP contribution in [0.4, 0.5) is 14.5 Å². The molecule has 1 saturated carbocycles. The van der Waals surface area contributed by atoms with Gasteiger partial charge in [0.25, 0.3) is 0 Å². The molecule has 0 heterocycles. The van der Waals surface area contributed by atoms with Crippen molar-refractivity contribution in [1.82, 2.24) is 0 Å². The van der Waals surface area contributed by atoms with Gasteiger partial charge < -0.3 is 5.11 Å². The minimum Gasteiger partial charge on any atom is -0.392 e. The molecule has 1 atom stereocenters. The summed E-state index contributed by atoms with van der Waals surface area (Å²) < 4.78 is 27.1. The van der Waals surface area contributed by atoms with Crippen LogP contribution in [-0.2, 0) is 5.41 Å². The van der Waals surface area contributed by atoms with Gasteiger partial charge in [-0.15, -0.1) is 0 Å². The monoisotopic (exact) mass is 243 g/mol. The number of aliphatic hydroxyl groups is 1. The second-order valence-corrected chi connectivity index (χ2v) is 4.37. The molecule has 1 unspecified atom stereocenters. The molecule has 1 N–H and O–H groups in total. The van der Waals surface area contributed by atoms with E-state index in [0.717, 1.165) is 6.07 Å². The third kappa shape index (κ3) is 1.78. The molecule has 4 nitrogen and oxygen atoms in total. The van der Waals surface area contributed by atoms with Gasteiger partial charge in [-0.2, -0.15) is 4.39 Å². The standard InChI is InChI=1S/C11H11F2NO3/c1-6(15)11(2-3-11)7-4-9(13)10(14(16)17)5-8(7)12/h4-6,15H,2-3H2,1H3. The van der Waals surface area contributed by atoms with E-state index in [2.05, 4.69) is 0 Å². The molecule has 1 aromatic carbocycles. The molecule has 6 heteroatoms. The minimum absolute atomic E-state index is 0.0237. The lowest BCUT2D eigenvalue weighted by Gasteiger charge is -2.19. The first-order valence-electron chi connectivity index (χ1n) is 5.20. The summed E-state index contributed by atoms with van der Waals surface area (Å²) >= 11 is 0. The van der Waals surface area contributed by atoms with Gasteiger partial charge in [0.05, 0.1) is 17.1 Å². The van der Waals surface area contributed by atoms with Crippen molar-refractivity contribution in [3.63, 3.8) is 0 Å². The zero-order valence-corrected chi connectivity index (χ0v) is 9.11. The highest BCUT2D eigenvalue weighted by molar-refractivity contribution is 5.42. The molecule has 17 heavy (non-hydrogen) atoms. The van der Waals surface area contributed by atoms with Crippen molar-refractivity contribution in [3.8, 4) is 0 Å². The van der Waals surface area contributed by atoms with Gasteiger partial charge in [0.1, 0.15) is 5.82 Å². The van der Waals surface area contributed by atoms with E-state index in [-0.39, 0.29) is 5.56 Å². The van der Waals surface area contributed by atoms with E-state index < -0.39 is 33.8 Å². The zero-order valence-electron chi connectivity index (χ0n) is 9.11. The van der Waals surface area contributed by atoms with Crippen LogP contribution in [0, 0.1) is 21.7 Å². The lowest BCUT2D eigenvalue weighted by atomic mass is 9.90. The molecule has 0 spiro atoms. The Labute approximate surface area is 96.0 Å². The number of hydrogen-bond acceptors (Lipinski definition) is 3. The van der Waals surface area contributed by atoms with Crippen LogP contribution < -0.4 is 0 Å². The Morgan fingerprint density at radius 3 is 2.41 bits per heavy atom. The molecular weight excluding hydrogens is 232 g/mol. The fraction of sp³-hybridized carbons (Fsp3) is 0.455. The quantitative estimate of drug-likeness (QED) is 0.654. The van der Waals surface area contributed by atoms with Crippen molar-refractivity contribution in [3.05, 3.63) is 39.4 Å². The van der Waals surface area contributed by atoms with Gasteiger partial charge in [-0.05, 0) is 31.4 Å². The molecule has 0 amide bonds. The van der Waals surface area contributed by atoms with E-state index in [1.165, 1.54) is 6.92 Å². The van der Waals surface area contributed by atoms with Crippen molar-refractivity contribution in [2.75, 3.05) is 0 Å². The lowest BCUT2D eigenvalue weighted by Crippen LogP contribution is -2.24. The van der Waals surface area contributed by atoms with Crippen molar-refractivity contribution >= 4 is 5.69 Å². The Bertz CT molecular complexity index is 484. The summed E-state index contributed by atoms with van der Waals surface area (Å²) in [5, 5.41) is 20.0. The van der Waals surface area contributed by atoms with Crippen LogP contribution in [0.2, 0.25) is 0 Å². The molecular formula is C11H11F2NO3. The maximum absolute atomic E-state index is 13.7. The fourth-order valence-corrected chi connectivity index (χ4v) is 2.10. The number of rotatable bonds is 3. The van der Waals surface area contributed by atoms with Crippen LogP contribution >= 0.6 is 0 Å². The summed E-state index contributed by atoms with van der Waals surface area (Å²) in [4.78, 5) is 9.47. The summed E-state index contributed by atoms with van der Waals surface area (Å²) in [5.41, 5.74) is -1.64. The Balaban J connectivity index is 2.51. The van der Waals surface area contributed by atoms with E-state index in [4.69, 9.17) is 0 Å². The molecule has 0 bridgehead atoms. The van der Waals surface area contributed by atoms with Gasteiger partial charge in [0, 0.05) is 5.41 Å².